The molecule has 1 aromatic rings. The summed E-state index contributed by atoms with van der Waals surface area (Å²) in [7, 11) is 0. The largest absolute Gasteiger partial charge is 0.319 e. The number of nitrogens with two attached hydrogens (primary N) is 1. The summed E-state index contributed by atoms with van der Waals surface area (Å²) in [5.74, 6) is 0. The Morgan fingerprint density at radius 1 is 1.44 bits per heavy atom. The van der Waals surface area contributed by atoms with Gasteiger partial charge >= 0.3 is 0 Å². The molecule has 2 nitrogen and oxygen atoms in total. The van der Waals surface area contributed by atoms with Crippen molar-refractivity contribution in [2.45, 2.75) is 63.8 Å². The number of nitrogens with zero attached hydrogens (tertiary/aromatic N) is 1. The Morgan fingerprint density at radius 3 is 2.62 bits per heavy atom. The van der Waals surface area contributed by atoms with Crippen LogP contribution < -0.4 is 5.73 Å². The zero-order valence-electron chi connectivity index (χ0n) is 10.5. The molecule has 0 saturated heterocycles. The molecule has 1 fully saturated rings. The van der Waals surface area contributed by atoms with E-state index < -0.39 is 0 Å². The molecule has 2 rings (SSSR count). The highest BCUT2D eigenvalue weighted by Crippen LogP contribution is 2.39. The maximum Gasteiger partial charge on any atom is 0.113 e. The average Bonchev–Trinajstić information content (AvgIpc) is 2.86. The molecule has 0 unspecified atom stereocenters. The van der Waals surface area contributed by atoms with Crippen LogP contribution in [0.5, 0.6) is 0 Å². The van der Waals surface area contributed by atoms with Crippen molar-refractivity contribution in [2.75, 3.05) is 0 Å². The molecule has 1 aromatic heterocycles. The third kappa shape index (κ3) is 2.03. The molecule has 0 radical (unpaired) electrons. The van der Waals surface area contributed by atoms with Gasteiger partial charge in [0.05, 0.1) is 11.2 Å². The first-order valence-electron chi connectivity index (χ1n) is 6.23. The van der Waals surface area contributed by atoms with E-state index in [4.69, 9.17) is 10.7 Å². The molecule has 0 aliphatic heterocycles. The predicted octanol–water partition coefficient (Wildman–Crippen LogP) is 3.56. The van der Waals surface area contributed by atoms with Gasteiger partial charge in [-0.15, -0.1) is 11.3 Å². The molecule has 1 saturated carbocycles. The van der Waals surface area contributed by atoms with Crippen LogP contribution >= 0.6 is 11.3 Å². The first-order chi connectivity index (χ1) is 7.48. The van der Waals surface area contributed by atoms with Crippen molar-refractivity contribution in [3.05, 3.63) is 16.1 Å². The lowest BCUT2D eigenvalue weighted by molar-refractivity contribution is 0.446. The monoisotopic (exact) mass is 238 g/mol. The van der Waals surface area contributed by atoms with E-state index in [1.165, 1.54) is 18.5 Å². The van der Waals surface area contributed by atoms with Crippen molar-refractivity contribution in [2.24, 2.45) is 5.73 Å². The smallest absolute Gasteiger partial charge is 0.113 e. The lowest BCUT2D eigenvalue weighted by Crippen LogP contribution is -2.33. The molecule has 1 aliphatic rings. The van der Waals surface area contributed by atoms with Gasteiger partial charge in [-0.1, -0.05) is 33.6 Å². The summed E-state index contributed by atoms with van der Waals surface area (Å²) < 4.78 is 0. The van der Waals surface area contributed by atoms with Gasteiger partial charge in [0.2, 0.25) is 0 Å². The molecular weight excluding hydrogens is 216 g/mol. The molecular formula is C13H22N2S. The minimum absolute atomic E-state index is 0.118. The van der Waals surface area contributed by atoms with Gasteiger partial charge in [0.1, 0.15) is 5.01 Å². The van der Waals surface area contributed by atoms with Crippen LogP contribution in [0.1, 0.15) is 63.6 Å². The lowest BCUT2D eigenvalue weighted by atomic mass is 9.87. The second-order valence-corrected chi connectivity index (χ2v) is 6.50. The third-order valence-corrected chi connectivity index (χ3v) is 5.07. The molecule has 0 bridgehead atoms. The summed E-state index contributed by atoms with van der Waals surface area (Å²) in [6, 6.07) is 0. The fourth-order valence-electron chi connectivity index (χ4n) is 2.21. The molecule has 1 heterocycles. The summed E-state index contributed by atoms with van der Waals surface area (Å²) in [5.41, 5.74) is 7.71. The van der Waals surface area contributed by atoms with Gasteiger partial charge in [0.15, 0.2) is 0 Å². The summed E-state index contributed by atoms with van der Waals surface area (Å²) in [6.07, 6.45) is 5.83. The van der Waals surface area contributed by atoms with E-state index in [9.17, 15) is 0 Å². The van der Waals surface area contributed by atoms with Crippen LogP contribution in [0, 0.1) is 0 Å². The Kier molecular flexibility index (Phi) is 3.10. The Bertz CT molecular complexity index is 362. The second kappa shape index (κ2) is 4.11. The fraction of sp³-hybridized carbons (Fsp3) is 0.769. The van der Waals surface area contributed by atoms with E-state index in [1.54, 1.807) is 11.3 Å². The van der Waals surface area contributed by atoms with Gasteiger partial charge in [-0.05, 0) is 19.3 Å². The van der Waals surface area contributed by atoms with E-state index in [1.807, 2.05) is 0 Å². The maximum atomic E-state index is 6.43. The SMILES string of the molecule is CCC(C)(C)c1csc(C2(N)CCCC2)n1. The zero-order valence-corrected chi connectivity index (χ0v) is 11.4. The molecule has 2 N–H and O–H groups in total. The van der Waals surface area contributed by atoms with Crippen LogP contribution in [-0.4, -0.2) is 4.98 Å². The van der Waals surface area contributed by atoms with Gasteiger partial charge in [-0.2, -0.15) is 0 Å². The van der Waals surface area contributed by atoms with E-state index in [0.29, 0.717) is 0 Å². The fourth-order valence-corrected chi connectivity index (χ4v) is 3.40. The van der Waals surface area contributed by atoms with Crippen LogP contribution in [0.2, 0.25) is 0 Å². The molecule has 16 heavy (non-hydrogen) atoms. The maximum absolute atomic E-state index is 6.43. The summed E-state index contributed by atoms with van der Waals surface area (Å²) >= 11 is 1.75. The van der Waals surface area contributed by atoms with Crippen LogP contribution in [0.3, 0.4) is 0 Å². The molecule has 0 atom stereocenters. The Morgan fingerprint density at radius 2 is 2.06 bits per heavy atom. The first kappa shape index (κ1) is 12.1. The Hall–Kier alpha value is -0.410. The quantitative estimate of drug-likeness (QED) is 0.874. The second-order valence-electron chi connectivity index (χ2n) is 5.64. The Labute approximate surface area is 102 Å². The zero-order chi connectivity index (χ0) is 11.8. The topological polar surface area (TPSA) is 38.9 Å². The molecule has 1 aliphatic carbocycles. The lowest BCUT2D eigenvalue weighted by Gasteiger charge is -2.22. The van der Waals surface area contributed by atoms with Crippen LogP contribution in [0.25, 0.3) is 0 Å². The van der Waals surface area contributed by atoms with Gasteiger partial charge in [-0.25, -0.2) is 4.98 Å². The van der Waals surface area contributed by atoms with Crippen LogP contribution in [0.4, 0.5) is 0 Å². The van der Waals surface area contributed by atoms with Crippen molar-refractivity contribution in [1.82, 2.24) is 4.98 Å². The summed E-state index contributed by atoms with van der Waals surface area (Å²) in [4.78, 5) is 4.80. The van der Waals surface area contributed by atoms with Crippen molar-refractivity contribution < 1.29 is 0 Å². The predicted molar refractivity (Wildman–Crippen MR) is 69.8 cm³/mol. The highest BCUT2D eigenvalue weighted by molar-refractivity contribution is 7.09. The number of rotatable bonds is 3. The minimum atomic E-state index is -0.118. The van der Waals surface area contributed by atoms with Crippen molar-refractivity contribution in [3.63, 3.8) is 0 Å². The van der Waals surface area contributed by atoms with Crippen molar-refractivity contribution in [1.29, 1.82) is 0 Å². The molecule has 3 heteroatoms. The Balaban J connectivity index is 2.26. The highest BCUT2D eigenvalue weighted by Gasteiger charge is 2.35. The summed E-state index contributed by atoms with van der Waals surface area (Å²) in [6.45, 7) is 6.72. The number of aromatic nitrogens is 1. The van der Waals surface area contributed by atoms with Crippen LogP contribution in [0.15, 0.2) is 5.38 Å². The highest BCUT2D eigenvalue weighted by atomic mass is 32.1. The number of hydrogen-bond donors (Lipinski definition) is 1. The van der Waals surface area contributed by atoms with Gasteiger partial charge in [0, 0.05) is 10.8 Å². The number of hydrogen-bond acceptors (Lipinski definition) is 3. The minimum Gasteiger partial charge on any atom is -0.319 e. The van der Waals surface area contributed by atoms with Crippen molar-refractivity contribution >= 4 is 11.3 Å². The van der Waals surface area contributed by atoms with Gasteiger partial charge in [-0.3, -0.25) is 0 Å². The average molecular weight is 238 g/mol. The molecule has 0 amide bonds. The molecule has 0 aromatic carbocycles. The van der Waals surface area contributed by atoms with Gasteiger partial charge < -0.3 is 5.73 Å². The van der Waals surface area contributed by atoms with E-state index in [0.717, 1.165) is 24.3 Å². The first-order valence-corrected chi connectivity index (χ1v) is 7.11. The standard InChI is InChI=1S/C13H22N2S/c1-4-12(2,3)10-9-16-11(15-10)13(14)7-5-6-8-13/h9H,4-8,14H2,1-3H3. The van der Waals surface area contributed by atoms with Gasteiger partial charge in [0.25, 0.3) is 0 Å². The molecule has 90 valence electrons. The van der Waals surface area contributed by atoms with E-state index in [-0.39, 0.29) is 11.0 Å². The molecule has 0 spiro atoms. The third-order valence-electron chi connectivity index (χ3n) is 4.00. The van der Waals surface area contributed by atoms with Crippen molar-refractivity contribution in [3.8, 4) is 0 Å². The van der Waals surface area contributed by atoms with E-state index >= 15 is 0 Å². The van der Waals surface area contributed by atoms with E-state index in [2.05, 4.69) is 26.2 Å². The summed E-state index contributed by atoms with van der Waals surface area (Å²) in [5, 5.41) is 3.35. The number of thiazole rings is 1. The van der Waals surface area contributed by atoms with Crippen LogP contribution in [-0.2, 0) is 11.0 Å². The normalized spacial score (nSPS) is 20.2.